The number of nitrogens with one attached hydrogen (secondary N) is 1. The molecule has 7 nitrogen and oxygen atoms in total. The maximum absolute atomic E-state index is 14.1. The third kappa shape index (κ3) is 5.14. The largest absolute Gasteiger partial charge is 0.497 e. The van der Waals surface area contributed by atoms with Gasteiger partial charge in [0.2, 0.25) is 11.7 Å². The van der Waals surface area contributed by atoms with Gasteiger partial charge in [-0.1, -0.05) is 26.0 Å². The second-order valence-electron chi connectivity index (χ2n) is 6.04. The van der Waals surface area contributed by atoms with E-state index in [0.717, 1.165) is 11.8 Å². The quantitative estimate of drug-likeness (QED) is 0.764. The van der Waals surface area contributed by atoms with E-state index in [2.05, 4.69) is 15.4 Å². The zero-order valence-corrected chi connectivity index (χ0v) is 14.9. The van der Waals surface area contributed by atoms with Crippen LogP contribution in [0.5, 0.6) is 5.75 Å². The second-order valence-corrected chi connectivity index (χ2v) is 6.04. The van der Waals surface area contributed by atoms with E-state index in [0.29, 0.717) is 12.3 Å². The first kappa shape index (κ1) is 19.1. The number of halogens is 1. The Labute approximate surface area is 151 Å². The second kappa shape index (κ2) is 8.76. The summed E-state index contributed by atoms with van der Waals surface area (Å²) in [5, 5.41) is 10.2. The average Bonchev–Trinajstić information content (AvgIpc) is 2.62. The zero-order valence-electron chi connectivity index (χ0n) is 14.9. The van der Waals surface area contributed by atoms with Crippen molar-refractivity contribution < 1.29 is 13.9 Å². The number of carbonyl (C=O) groups excluding carboxylic acids is 1. The summed E-state index contributed by atoms with van der Waals surface area (Å²) in [5.74, 6) is -0.520. The van der Waals surface area contributed by atoms with Gasteiger partial charge in [-0.05, 0) is 23.6 Å². The van der Waals surface area contributed by atoms with Crippen LogP contribution in [0.25, 0.3) is 0 Å². The Morgan fingerprint density at radius 1 is 1.38 bits per heavy atom. The molecule has 0 spiro atoms. The molecule has 0 radical (unpaired) electrons. The van der Waals surface area contributed by atoms with Gasteiger partial charge in [0.1, 0.15) is 11.8 Å². The molecule has 1 aromatic heterocycles. The van der Waals surface area contributed by atoms with E-state index in [-0.39, 0.29) is 29.9 Å². The number of benzene rings is 1. The molecule has 0 aliphatic rings. The van der Waals surface area contributed by atoms with Gasteiger partial charge < -0.3 is 4.74 Å². The number of hydrazine groups is 1. The molecule has 0 aliphatic heterocycles. The molecule has 0 unspecified atom stereocenters. The molecule has 2 aromatic rings. The number of carbonyl (C=O) groups is 1. The van der Waals surface area contributed by atoms with Crippen LogP contribution in [0.2, 0.25) is 0 Å². The molecule has 0 bridgehead atoms. The van der Waals surface area contributed by atoms with Gasteiger partial charge in [0.25, 0.3) is 0 Å². The smallest absolute Gasteiger partial charge is 0.242 e. The van der Waals surface area contributed by atoms with Crippen molar-refractivity contribution in [1.82, 2.24) is 15.4 Å². The van der Waals surface area contributed by atoms with Gasteiger partial charge in [-0.3, -0.25) is 15.2 Å². The van der Waals surface area contributed by atoms with Crippen molar-refractivity contribution in [2.45, 2.75) is 20.3 Å². The molecule has 0 fully saturated rings. The van der Waals surface area contributed by atoms with Crippen molar-refractivity contribution in [2.24, 2.45) is 5.92 Å². The lowest BCUT2D eigenvalue weighted by atomic mass is 10.1. The van der Waals surface area contributed by atoms with E-state index in [4.69, 9.17) is 10.00 Å². The summed E-state index contributed by atoms with van der Waals surface area (Å²) in [4.78, 5) is 19.8. The highest BCUT2D eigenvalue weighted by molar-refractivity contribution is 5.80. The standard InChI is InChI=1S/C18H20FN5O2/c1-12(2)11-24(18-15(19)10-21-16(9-20)22-18)23-17(25)8-13-4-6-14(26-3)7-5-13/h4-7,10,12H,8,11H2,1-3H3,(H,23,25). The molecule has 8 heteroatoms. The number of hydrogen-bond donors (Lipinski definition) is 1. The number of anilines is 1. The molecule has 26 heavy (non-hydrogen) atoms. The van der Waals surface area contributed by atoms with Gasteiger partial charge in [0.15, 0.2) is 11.6 Å². The van der Waals surface area contributed by atoms with Crippen LogP contribution in [0, 0.1) is 23.1 Å². The van der Waals surface area contributed by atoms with Crippen LogP contribution < -0.4 is 15.2 Å². The zero-order chi connectivity index (χ0) is 19.1. The van der Waals surface area contributed by atoms with Crippen molar-refractivity contribution in [3.8, 4) is 11.8 Å². The molecule has 136 valence electrons. The minimum absolute atomic E-state index is 0.108. The number of rotatable bonds is 7. The molecule has 0 atom stereocenters. The van der Waals surface area contributed by atoms with Crippen LogP contribution in [0.4, 0.5) is 10.2 Å². The van der Waals surface area contributed by atoms with Crippen molar-refractivity contribution in [3.63, 3.8) is 0 Å². The first-order valence-corrected chi connectivity index (χ1v) is 8.05. The first-order valence-electron chi connectivity index (χ1n) is 8.05. The monoisotopic (exact) mass is 357 g/mol. The highest BCUT2D eigenvalue weighted by atomic mass is 19.1. The molecule has 2 rings (SSSR count). The molecule has 0 saturated carbocycles. The number of amides is 1. The molecule has 0 saturated heterocycles. The van der Waals surface area contributed by atoms with E-state index >= 15 is 0 Å². The summed E-state index contributed by atoms with van der Waals surface area (Å²) in [6.07, 6.45) is 1.03. The van der Waals surface area contributed by atoms with Crippen LogP contribution in [0.15, 0.2) is 30.5 Å². The molecule has 1 N–H and O–H groups in total. The SMILES string of the molecule is COc1ccc(CC(=O)NN(CC(C)C)c2nc(C#N)ncc2F)cc1. The molecular weight excluding hydrogens is 337 g/mol. The van der Waals surface area contributed by atoms with E-state index < -0.39 is 5.82 Å². The summed E-state index contributed by atoms with van der Waals surface area (Å²) < 4.78 is 19.2. The first-order chi connectivity index (χ1) is 12.4. The Bertz CT molecular complexity index is 802. The van der Waals surface area contributed by atoms with Gasteiger partial charge in [-0.2, -0.15) is 10.2 Å². The van der Waals surface area contributed by atoms with Crippen molar-refractivity contribution in [1.29, 1.82) is 5.26 Å². The number of hydrogen-bond acceptors (Lipinski definition) is 6. The maximum Gasteiger partial charge on any atom is 0.242 e. The third-order valence-electron chi connectivity index (χ3n) is 3.41. The Morgan fingerprint density at radius 3 is 2.65 bits per heavy atom. The molecule has 1 aromatic carbocycles. The van der Waals surface area contributed by atoms with Gasteiger partial charge in [-0.15, -0.1) is 0 Å². The molecular formula is C18H20FN5O2. The lowest BCUT2D eigenvalue weighted by Crippen LogP contribution is -2.46. The lowest BCUT2D eigenvalue weighted by Gasteiger charge is -2.26. The normalized spacial score (nSPS) is 10.3. The summed E-state index contributed by atoms with van der Waals surface area (Å²) in [6.45, 7) is 4.17. The van der Waals surface area contributed by atoms with E-state index in [1.165, 1.54) is 5.01 Å². The Kier molecular flexibility index (Phi) is 6.44. The van der Waals surface area contributed by atoms with Crippen LogP contribution in [-0.2, 0) is 11.2 Å². The number of nitrogens with zero attached hydrogens (tertiary/aromatic N) is 4. The fourth-order valence-electron chi connectivity index (χ4n) is 2.27. The van der Waals surface area contributed by atoms with Crippen molar-refractivity contribution in [2.75, 3.05) is 18.7 Å². The Morgan fingerprint density at radius 2 is 2.08 bits per heavy atom. The Balaban J connectivity index is 2.16. The van der Waals surface area contributed by atoms with Gasteiger partial charge in [0.05, 0.1) is 19.7 Å². The topological polar surface area (TPSA) is 91.1 Å². The number of nitriles is 1. The summed E-state index contributed by atoms with van der Waals surface area (Å²) in [6, 6.07) is 8.85. The van der Waals surface area contributed by atoms with Crippen LogP contribution in [0.1, 0.15) is 25.2 Å². The van der Waals surface area contributed by atoms with Crippen LogP contribution in [0.3, 0.4) is 0 Å². The van der Waals surface area contributed by atoms with E-state index in [1.807, 2.05) is 13.8 Å². The van der Waals surface area contributed by atoms with Gasteiger partial charge in [-0.25, -0.2) is 9.37 Å². The van der Waals surface area contributed by atoms with Crippen molar-refractivity contribution in [3.05, 3.63) is 47.7 Å². The highest BCUT2D eigenvalue weighted by Crippen LogP contribution is 2.16. The third-order valence-corrected chi connectivity index (χ3v) is 3.41. The van der Waals surface area contributed by atoms with Gasteiger partial charge >= 0.3 is 0 Å². The predicted octanol–water partition coefficient (Wildman–Crippen LogP) is 2.23. The molecule has 1 amide bonds. The molecule has 1 heterocycles. The summed E-state index contributed by atoms with van der Waals surface area (Å²) in [7, 11) is 1.57. The molecule has 0 aliphatic carbocycles. The fraction of sp³-hybridized carbons (Fsp3) is 0.333. The van der Waals surface area contributed by atoms with Crippen LogP contribution in [-0.4, -0.2) is 29.5 Å². The van der Waals surface area contributed by atoms with Crippen molar-refractivity contribution >= 4 is 11.7 Å². The number of aromatic nitrogens is 2. The lowest BCUT2D eigenvalue weighted by molar-refractivity contribution is -0.120. The summed E-state index contributed by atoms with van der Waals surface area (Å²) in [5.41, 5.74) is 3.44. The van der Waals surface area contributed by atoms with E-state index in [9.17, 15) is 9.18 Å². The number of methoxy groups -OCH3 is 1. The van der Waals surface area contributed by atoms with Crippen LogP contribution >= 0.6 is 0 Å². The maximum atomic E-state index is 14.1. The Hall–Kier alpha value is -3.21. The fourth-order valence-corrected chi connectivity index (χ4v) is 2.27. The highest BCUT2D eigenvalue weighted by Gasteiger charge is 2.19. The van der Waals surface area contributed by atoms with E-state index in [1.54, 1.807) is 37.4 Å². The minimum Gasteiger partial charge on any atom is -0.497 e. The van der Waals surface area contributed by atoms with Gasteiger partial charge in [0, 0.05) is 6.54 Å². The number of ether oxygens (including phenoxy) is 1. The average molecular weight is 357 g/mol. The summed E-state index contributed by atoms with van der Waals surface area (Å²) >= 11 is 0. The predicted molar refractivity (Wildman–Crippen MR) is 93.7 cm³/mol. The minimum atomic E-state index is -0.714.